The molecule has 0 aliphatic rings. The molecular formula is C117H255N7O7. The normalized spacial score (nSPS) is 12.0. The van der Waals surface area contributed by atoms with Crippen molar-refractivity contribution in [2.24, 2.45) is 0 Å². The summed E-state index contributed by atoms with van der Waals surface area (Å²) in [4.78, 5) is 0. The van der Waals surface area contributed by atoms with E-state index in [1.807, 2.05) is 55.6 Å². The molecule has 0 fully saturated rings. The Hall–Kier alpha value is -0.560. The third kappa shape index (κ3) is 138. The highest BCUT2D eigenvalue weighted by Gasteiger charge is 2.14. The van der Waals surface area contributed by atoms with E-state index in [1.165, 1.54) is 488 Å². The zero-order valence-corrected chi connectivity index (χ0v) is 94.9. The van der Waals surface area contributed by atoms with Gasteiger partial charge in [0, 0.05) is 6.73 Å². The third-order valence-corrected chi connectivity index (χ3v) is 27.8. The summed E-state index contributed by atoms with van der Waals surface area (Å²) in [5.74, 6) is 0. The van der Waals surface area contributed by atoms with Gasteiger partial charge in [-0.15, -0.1) is 0 Å². The number of unbranched alkanes of at least 4 members (excludes halogenated alkanes) is 75. The van der Waals surface area contributed by atoms with Crippen LogP contribution in [0.1, 0.15) is 617 Å². The number of nitrogens with zero attached hydrogens (tertiary/aromatic N) is 7. The fourth-order valence-electron chi connectivity index (χ4n) is 17.4. The Morgan fingerprint density at radius 2 is 0.214 bits per heavy atom. The lowest BCUT2D eigenvalue weighted by molar-refractivity contribution is -0.951. The predicted molar refractivity (Wildman–Crippen MR) is 590 cm³/mol. The van der Waals surface area contributed by atoms with Crippen LogP contribution in [0.15, 0.2) is 0 Å². The first-order valence-electron chi connectivity index (χ1n) is 59.6. The molecule has 0 aromatic rings. The Kier molecular flexibility index (Phi) is 124. The van der Waals surface area contributed by atoms with Crippen molar-refractivity contribution in [3.8, 4) is 0 Å². The molecule has 131 heavy (non-hydrogen) atoms. The van der Waals surface area contributed by atoms with E-state index in [0.717, 1.165) is 124 Å². The molecule has 0 radical (unpaired) electrons. The van der Waals surface area contributed by atoms with Gasteiger partial charge >= 0.3 is 0 Å². The molecule has 14 heteroatoms. The molecule has 0 rings (SSSR count). The van der Waals surface area contributed by atoms with Crippen LogP contribution in [0, 0.1) is 31.2 Å². The van der Waals surface area contributed by atoms with E-state index in [4.69, 9.17) is 0 Å². The van der Waals surface area contributed by atoms with E-state index in [1.54, 1.807) is 42.3 Å². The summed E-state index contributed by atoms with van der Waals surface area (Å²) >= 11 is 0. The molecule has 0 atom stereocenters. The van der Waals surface area contributed by atoms with Crippen LogP contribution in [0.2, 0.25) is 0 Å². The van der Waals surface area contributed by atoms with E-state index < -0.39 is 0 Å². The van der Waals surface area contributed by atoms with Crippen molar-refractivity contribution in [2.75, 3.05) is 148 Å². The van der Waals surface area contributed by atoms with Crippen molar-refractivity contribution in [3.05, 3.63) is 31.2 Å². The molecule has 0 aromatic heterocycles. The number of hydrogen-bond acceptors (Lipinski definition) is 7. The van der Waals surface area contributed by atoms with Crippen molar-refractivity contribution >= 4 is 0 Å². The summed E-state index contributed by atoms with van der Waals surface area (Å²) in [5, 5.41) is 80.9. The zero-order valence-electron chi connectivity index (χ0n) is 94.9. The maximum absolute atomic E-state index is 12.1. The number of hydroxylamine groups is 18. The molecule has 14 nitrogen and oxygen atoms in total. The highest BCUT2D eigenvalue weighted by molar-refractivity contribution is 4.58. The second kappa shape index (κ2) is 113. The molecule has 0 amide bonds. The highest BCUT2D eigenvalue weighted by Crippen LogP contribution is 2.22. The SMILES string of the molecule is CCCCCCCCCCCCCCCC[N+](C)(C)[O-].CCCCCCCCCCCCCCCC[N+]([O-])(CC)CC.CCCCCCCCCCCCCC[N+](C)(C)[O-].CCCCCCCCCCCCCC[N+]([O-])(CC)CC.CCCCCCCCCCCC[N+](C)(C)C[O-].CCCCCCCCCCCC[N+](C)(C)[O-].CCCCCCCCCCCC[N+]([O-])(CC)CC. The van der Waals surface area contributed by atoms with Gasteiger partial charge in [-0.05, 0) is 131 Å². The van der Waals surface area contributed by atoms with Gasteiger partial charge < -0.3 is 68.7 Å². The highest BCUT2D eigenvalue weighted by atomic mass is 16.6. The largest absolute Gasteiger partial charge is 0.809 e. The molecule has 0 spiro atoms. The molecule has 0 saturated carbocycles. The van der Waals surface area contributed by atoms with Gasteiger partial charge in [0.2, 0.25) is 0 Å². The lowest BCUT2D eigenvalue weighted by atomic mass is 10.0. The van der Waals surface area contributed by atoms with Crippen molar-refractivity contribution < 1.29 is 37.5 Å². The third-order valence-electron chi connectivity index (χ3n) is 27.8. The monoisotopic (exact) mass is 1870 g/mol. The summed E-state index contributed by atoms with van der Waals surface area (Å²) in [6, 6.07) is 0. The van der Waals surface area contributed by atoms with Crippen LogP contribution in [-0.4, -0.2) is 181 Å². The maximum atomic E-state index is 12.1. The Morgan fingerprint density at radius 3 is 0.305 bits per heavy atom. The average Bonchev–Trinajstić information content (AvgIpc) is 0.933. The fraction of sp³-hybridized carbons (Fsp3) is 1.00. The Balaban J connectivity index is -0.000000274. The van der Waals surface area contributed by atoms with Crippen molar-refractivity contribution in [2.45, 2.75) is 617 Å². The fourth-order valence-corrected chi connectivity index (χ4v) is 17.4. The average molecular weight is 1870 g/mol. The summed E-state index contributed by atoms with van der Waals surface area (Å²) in [7, 11) is 14.5. The molecule has 0 heterocycles. The molecule has 800 valence electrons. The Labute approximate surface area is 828 Å². The minimum atomic E-state index is -0.128. The molecule has 0 unspecified atom stereocenters. The number of hydrogen-bond donors (Lipinski definition) is 0. The molecule has 0 aliphatic carbocycles. The molecule has 0 saturated heterocycles. The van der Waals surface area contributed by atoms with Crippen LogP contribution in [0.25, 0.3) is 0 Å². The van der Waals surface area contributed by atoms with Gasteiger partial charge in [-0.1, -0.05) is 485 Å². The predicted octanol–water partition coefficient (Wildman–Crippen LogP) is 37.2. The minimum absolute atomic E-state index is 0.0109. The first-order chi connectivity index (χ1) is 62.8. The standard InChI is InChI=1S/C20H43NO.2C18H39NO.2C16H35NO.C15H33NO.C14H31NO/c1-4-7-8-9-10-11-12-13-14-15-16-17-18-19-20-21(22,5-2)6-3;1-4-5-6-7-8-9-10-11-12-13-14-15-16-17-18-19(2,3)20;1-4-7-8-9-10-11-12-13-14-15-16-17-18-19(20,5-2)6-3;1-4-5-6-7-8-9-10-11-12-13-14-15-16-17(2,3)18;1-4-7-8-9-10-11-12-13-14-15-16-17(18,5-2)6-3;1-4-5-6-7-8-9-10-11-12-13-14-16(2,3)15-17;1-4-5-6-7-8-9-10-11-12-13-14-15(2,3)16/h4-20H2,1-3H3;2*4-18H2,1-3H3;2*4-16H2,1-3H3;4-15H2,1-3H3;4-14H2,1-3H3. The lowest BCUT2D eigenvalue weighted by Gasteiger charge is -2.41. The number of rotatable bonds is 96. The zero-order chi connectivity index (χ0) is 99.4. The van der Waals surface area contributed by atoms with Gasteiger partial charge in [-0.25, -0.2) is 0 Å². The van der Waals surface area contributed by atoms with Crippen LogP contribution < -0.4 is 5.11 Å². The van der Waals surface area contributed by atoms with Crippen LogP contribution in [0.5, 0.6) is 0 Å². The lowest BCUT2D eigenvalue weighted by Crippen LogP contribution is -2.46. The van der Waals surface area contributed by atoms with Gasteiger partial charge in [0.15, 0.2) is 0 Å². The van der Waals surface area contributed by atoms with Crippen LogP contribution in [-0.2, 0) is 0 Å². The topological polar surface area (TPSA) is 161 Å². The summed E-state index contributed by atoms with van der Waals surface area (Å²) in [6.07, 6.45) is 112. The van der Waals surface area contributed by atoms with Gasteiger partial charge in [0.1, 0.15) is 0 Å². The molecule has 0 bridgehead atoms. The Bertz CT molecular complexity index is 1990. The van der Waals surface area contributed by atoms with Crippen LogP contribution in [0.4, 0.5) is 0 Å². The van der Waals surface area contributed by atoms with Crippen LogP contribution in [0.3, 0.4) is 0 Å². The second-order valence-electron chi connectivity index (χ2n) is 43.4. The smallest absolute Gasteiger partial charge is 0.0783 e. The second-order valence-corrected chi connectivity index (χ2v) is 43.4. The first-order valence-corrected chi connectivity index (χ1v) is 59.6. The van der Waals surface area contributed by atoms with E-state index in [2.05, 4.69) is 48.5 Å². The van der Waals surface area contributed by atoms with Crippen molar-refractivity contribution in [3.63, 3.8) is 0 Å². The molecular weight excluding hydrogens is 1620 g/mol. The summed E-state index contributed by atoms with van der Waals surface area (Å²) < 4.78 is 0.289. The molecule has 0 N–H and O–H groups in total. The maximum Gasteiger partial charge on any atom is 0.0783 e. The number of quaternary nitrogens is 7. The van der Waals surface area contributed by atoms with Gasteiger partial charge in [0.25, 0.3) is 0 Å². The van der Waals surface area contributed by atoms with E-state index >= 15 is 0 Å². The Morgan fingerprint density at radius 1 is 0.122 bits per heavy atom. The summed E-state index contributed by atoms with van der Waals surface area (Å²) in [6.45, 7) is 38.2. The van der Waals surface area contributed by atoms with Crippen molar-refractivity contribution in [1.82, 2.24) is 0 Å². The van der Waals surface area contributed by atoms with Gasteiger partial charge in [0.05, 0.1) is 141 Å². The van der Waals surface area contributed by atoms with Gasteiger partial charge in [-0.3, -0.25) is 0 Å². The van der Waals surface area contributed by atoms with E-state index in [9.17, 15) is 36.4 Å². The van der Waals surface area contributed by atoms with E-state index in [0.29, 0.717) is 4.48 Å². The first kappa shape index (κ1) is 143. The van der Waals surface area contributed by atoms with E-state index in [-0.39, 0.29) is 34.6 Å². The summed E-state index contributed by atoms with van der Waals surface area (Å²) in [5.41, 5.74) is 0. The van der Waals surface area contributed by atoms with Crippen molar-refractivity contribution in [1.29, 1.82) is 0 Å². The molecule has 0 aromatic carbocycles. The quantitative estimate of drug-likeness (QED) is 0.0253. The van der Waals surface area contributed by atoms with Gasteiger partial charge in [-0.2, -0.15) is 0 Å². The minimum Gasteiger partial charge on any atom is -0.809 e. The van der Waals surface area contributed by atoms with Crippen LogP contribution >= 0.6 is 0 Å². The molecule has 0 aliphatic heterocycles.